The van der Waals surface area contributed by atoms with Crippen LogP contribution in [0.15, 0.2) is 33.9 Å². The molecule has 0 aliphatic heterocycles. The van der Waals surface area contributed by atoms with Gasteiger partial charge in [-0.3, -0.25) is 14.7 Å². The Balaban J connectivity index is 2.37. The van der Waals surface area contributed by atoms with Crippen LogP contribution in [0.3, 0.4) is 0 Å². The Kier molecular flexibility index (Phi) is 4.13. The molecule has 1 aromatic carbocycles. The van der Waals surface area contributed by atoms with Crippen LogP contribution in [0.1, 0.15) is 6.92 Å². The average molecular weight is 263 g/mol. The van der Waals surface area contributed by atoms with E-state index >= 15 is 0 Å². The Bertz CT molecular complexity index is 675. The number of aromatic amines is 1. The van der Waals surface area contributed by atoms with E-state index < -0.39 is 6.10 Å². The third-order valence-corrected chi connectivity index (χ3v) is 2.91. The van der Waals surface area contributed by atoms with Gasteiger partial charge in [-0.1, -0.05) is 19.1 Å². The summed E-state index contributed by atoms with van der Waals surface area (Å²) in [4.78, 5) is 24.0. The van der Waals surface area contributed by atoms with Crippen LogP contribution >= 0.6 is 0 Å². The highest BCUT2D eigenvalue weighted by molar-refractivity contribution is 5.80. The van der Waals surface area contributed by atoms with E-state index in [-0.39, 0.29) is 17.7 Å². The summed E-state index contributed by atoms with van der Waals surface area (Å²) in [5, 5.41) is 16.0. The molecule has 0 saturated carbocycles. The Morgan fingerprint density at radius 1 is 1.32 bits per heavy atom. The molecule has 0 fully saturated rings. The second-order valence-electron chi connectivity index (χ2n) is 4.36. The summed E-state index contributed by atoms with van der Waals surface area (Å²) in [5.74, 6) is 0. The van der Waals surface area contributed by atoms with E-state index in [0.717, 1.165) is 11.2 Å². The summed E-state index contributed by atoms with van der Waals surface area (Å²) in [7, 11) is 0. The molecule has 6 heteroatoms. The minimum Gasteiger partial charge on any atom is -0.390 e. The van der Waals surface area contributed by atoms with Gasteiger partial charge in [-0.15, -0.1) is 0 Å². The third-order valence-electron chi connectivity index (χ3n) is 2.91. The number of H-pyrrole nitrogens is 1. The van der Waals surface area contributed by atoms with Crippen molar-refractivity contribution in [2.24, 2.45) is 0 Å². The molecule has 102 valence electrons. The molecule has 0 saturated heterocycles. The van der Waals surface area contributed by atoms with Gasteiger partial charge in [0.2, 0.25) is 0 Å². The molecular weight excluding hydrogens is 246 g/mol. The summed E-state index contributed by atoms with van der Waals surface area (Å²) < 4.78 is 1.16. The molecule has 3 N–H and O–H groups in total. The van der Waals surface area contributed by atoms with Crippen LogP contribution < -0.4 is 16.4 Å². The van der Waals surface area contributed by atoms with E-state index in [1.54, 1.807) is 24.3 Å². The van der Waals surface area contributed by atoms with Crippen LogP contribution in [0.25, 0.3) is 10.8 Å². The van der Waals surface area contributed by atoms with Gasteiger partial charge in [-0.05, 0) is 18.7 Å². The number of hydrogen-bond acceptors (Lipinski definition) is 4. The highest BCUT2D eigenvalue weighted by atomic mass is 16.3. The van der Waals surface area contributed by atoms with Crippen molar-refractivity contribution >= 4 is 10.8 Å². The van der Waals surface area contributed by atoms with E-state index in [1.165, 1.54) is 0 Å². The molecule has 0 bridgehead atoms. The Hall–Kier alpha value is -1.92. The first-order valence-electron chi connectivity index (χ1n) is 6.24. The summed E-state index contributed by atoms with van der Waals surface area (Å²) in [6, 6.07) is 6.64. The molecule has 6 nitrogen and oxygen atoms in total. The molecule has 19 heavy (non-hydrogen) atoms. The van der Waals surface area contributed by atoms with Gasteiger partial charge in [0.05, 0.1) is 23.4 Å². The lowest BCUT2D eigenvalue weighted by molar-refractivity contribution is 0.145. The zero-order chi connectivity index (χ0) is 13.8. The number of nitrogens with zero attached hydrogens (tertiary/aromatic N) is 1. The second-order valence-corrected chi connectivity index (χ2v) is 4.36. The largest absolute Gasteiger partial charge is 0.390 e. The van der Waals surface area contributed by atoms with Crippen molar-refractivity contribution in [3.05, 3.63) is 45.0 Å². The molecular formula is C13H17N3O3. The van der Waals surface area contributed by atoms with Gasteiger partial charge in [-0.2, -0.15) is 0 Å². The van der Waals surface area contributed by atoms with Crippen molar-refractivity contribution in [3.63, 3.8) is 0 Å². The van der Waals surface area contributed by atoms with Gasteiger partial charge in [0, 0.05) is 6.54 Å². The number of aliphatic hydroxyl groups is 1. The van der Waals surface area contributed by atoms with E-state index in [0.29, 0.717) is 17.3 Å². The van der Waals surface area contributed by atoms with Crippen molar-refractivity contribution in [2.45, 2.75) is 19.6 Å². The summed E-state index contributed by atoms with van der Waals surface area (Å²) in [5.41, 5.74) is -0.628. The van der Waals surface area contributed by atoms with Gasteiger partial charge in [-0.25, -0.2) is 4.68 Å². The van der Waals surface area contributed by atoms with Crippen LogP contribution in [0, 0.1) is 0 Å². The van der Waals surface area contributed by atoms with Gasteiger partial charge >= 0.3 is 0 Å². The lowest BCUT2D eigenvalue weighted by Gasteiger charge is -2.13. The molecule has 1 heterocycles. The van der Waals surface area contributed by atoms with Gasteiger partial charge < -0.3 is 10.4 Å². The van der Waals surface area contributed by atoms with Gasteiger partial charge in [0.25, 0.3) is 11.1 Å². The number of nitrogens with one attached hydrogen (secondary N) is 2. The maximum atomic E-state index is 12.2. The van der Waals surface area contributed by atoms with Crippen LogP contribution in [-0.2, 0) is 6.54 Å². The first-order valence-corrected chi connectivity index (χ1v) is 6.24. The number of likely N-dealkylation sites (N-methyl/N-ethyl adjacent to an activating group) is 1. The molecule has 0 spiro atoms. The summed E-state index contributed by atoms with van der Waals surface area (Å²) >= 11 is 0. The number of aromatic nitrogens is 2. The summed E-state index contributed by atoms with van der Waals surface area (Å²) in [6.07, 6.45) is -0.727. The molecule has 0 aliphatic rings. The minimum atomic E-state index is -0.727. The van der Waals surface area contributed by atoms with Crippen molar-refractivity contribution in [1.82, 2.24) is 15.1 Å². The van der Waals surface area contributed by atoms with Crippen LogP contribution in [0.4, 0.5) is 0 Å². The standard InChI is InChI=1S/C13H17N3O3/c1-2-14-7-9(17)8-16-13(19)11-6-4-3-5-10(11)12(18)15-16/h3-6,9,14,17H,2,7-8H2,1H3,(H,15,18). The lowest BCUT2D eigenvalue weighted by atomic mass is 10.2. The first kappa shape index (κ1) is 13.5. The maximum absolute atomic E-state index is 12.2. The Morgan fingerprint density at radius 2 is 2.00 bits per heavy atom. The molecule has 1 unspecified atom stereocenters. The third kappa shape index (κ3) is 2.91. The Labute approximate surface area is 109 Å². The molecule has 0 aliphatic carbocycles. The van der Waals surface area contributed by atoms with Crippen molar-refractivity contribution in [3.8, 4) is 0 Å². The number of hydrogen-bond donors (Lipinski definition) is 3. The quantitative estimate of drug-likeness (QED) is 0.689. The fourth-order valence-electron chi connectivity index (χ4n) is 1.96. The van der Waals surface area contributed by atoms with E-state index in [1.807, 2.05) is 6.92 Å². The fraction of sp³-hybridized carbons (Fsp3) is 0.385. The topological polar surface area (TPSA) is 87.1 Å². The molecule has 1 aromatic heterocycles. The number of rotatable bonds is 5. The predicted octanol–water partition coefficient (Wildman–Crippen LogP) is -0.340. The minimum absolute atomic E-state index is 0.0614. The highest BCUT2D eigenvalue weighted by Crippen LogP contribution is 2.02. The van der Waals surface area contributed by atoms with Crippen LogP contribution in [0.2, 0.25) is 0 Å². The normalized spacial score (nSPS) is 12.7. The monoisotopic (exact) mass is 263 g/mol. The van der Waals surface area contributed by atoms with Gasteiger partial charge in [0.15, 0.2) is 0 Å². The zero-order valence-electron chi connectivity index (χ0n) is 10.7. The molecule has 2 rings (SSSR count). The zero-order valence-corrected chi connectivity index (χ0v) is 10.7. The number of fused-ring (bicyclic) bond motifs is 1. The lowest BCUT2D eigenvalue weighted by Crippen LogP contribution is -2.37. The van der Waals surface area contributed by atoms with Crippen molar-refractivity contribution < 1.29 is 5.11 Å². The summed E-state index contributed by atoms with van der Waals surface area (Å²) in [6.45, 7) is 3.10. The fourth-order valence-corrected chi connectivity index (χ4v) is 1.96. The maximum Gasteiger partial charge on any atom is 0.273 e. The van der Waals surface area contributed by atoms with E-state index in [4.69, 9.17) is 0 Å². The number of benzene rings is 1. The molecule has 1 atom stereocenters. The molecule has 0 amide bonds. The van der Waals surface area contributed by atoms with Crippen LogP contribution in [-0.4, -0.2) is 34.1 Å². The number of aliphatic hydroxyl groups excluding tert-OH is 1. The van der Waals surface area contributed by atoms with Crippen molar-refractivity contribution in [1.29, 1.82) is 0 Å². The van der Waals surface area contributed by atoms with Crippen molar-refractivity contribution in [2.75, 3.05) is 13.1 Å². The Morgan fingerprint density at radius 3 is 2.68 bits per heavy atom. The first-order chi connectivity index (χ1) is 9.13. The van der Waals surface area contributed by atoms with E-state index in [9.17, 15) is 14.7 Å². The predicted molar refractivity (Wildman–Crippen MR) is 73.4 cm³/mol. The smallest absolute Gasteiger partial charge is 0.273 e. The van der Waals surface area contributed by atoms with E-state index in [2.05, 4.69) is 10.4 Å². The molecule has 0 radical (unpaired) electrons. The van der Waals surface area contributed by atoms with Crippen LogP contribution in [0.5, 0.6) is 0 Å². The average Bonchev–Trinajstić information content (AvgIpc) is 2.42. The SMILES string of the molecule is CCNCC(O)Cn1[nH]c(=O)c2ccccc2c1=O. The van der Waals surface area contributed by atoms with Gasteiger partial charge in [0.1, 0.15) is 0 Å². The molecule has 2 aromatic rings. The second kappa shape index (κ2) is 5.81. The highest BCUT2D eigenvalue weighted by Gasteiger charge is 2.10.